The van der Waals surface area contributed by atoms with Crippen molar-refractivity contribution in [3.63, 3.8) is 0 Å². The first-order valence-corrected chi connectivity index (χ1v) is 10.2. The Kier molecular flexibility index (Phi) is 6.48. The molecular formula is C16H24ClN3O3S. The van der Waals surface area contributed by atoms with E-state index in [4.69, 9.17) is 11.6 Å². The normalized spacial score (nSPS) is 16.2. The average Bonchev–Trinajstić information content (AvgIpc) is 2.52. The minimum absolute atomic E-state index is 0.0904. The van der Waals surface area contributed by atoms with E-state index in [2.05, 4.69) is 4.90 Å². The van der Waals surface area contributed by atoms with Gasteiger partial charge in [-0.2, -0.15) is 0 Å². The molecule has 1 aliphatic rings. The molecule has 0 aliphatic carbocycles. The molecular weight excluding hydrogens is 350 g/mol. The molecule has 1 aromatic rings. The van der Waals surface area contributed by atoms with Crippen LogP contribution in [-0.4, -0.2) is 70.2 Å². The van der Waals surface area contributed by atoms with E-state index >= 15 is 0 Å². The fraction of sp³-hybridized carbons (Fsp3) is 0.562. The van der Waals surface area contributed by atoms with Crippen LogP contribution in [0.25, 0.3) is 0 Å². The fourth-order valence-electron chi connectivity index (χ4n) is 2.68. The van der Waals surface area contributed by atoms with Gasteiger partial charge in [-0.05, 0) is 37.7 Å². The number of rotatable bonds is 6. The minimum atomic E-state index is -3.40. The van der Waals surface area contributed by atoms with Crippen LogP contribution in [0.1, 0.15) is 12.8 Å². The van der Waals surface area contributed by atoms with Crippen molar-refractivity contribution in [3.05, 3.63) is 29.3 Å². The van der Waals surface area contributed by atoms with Crippen LogP contribution in [-0.2, 0) is 14.8 Å². The molecule has 0 radical (unpaired) electrons. The van der Waals surface area contributed by atoms with Crippen LogP contribution in [0.2, 0.25) is 5.02 Å². The first-order chi connectivity index (χ1) is 11.3. The van der Waals surface area contributed by atoms with Crippen molar-refractivity contribution in [1.82, 2.24) is 9.80 Å². The van der Waals surface area contributed by atoms with Crippen LogP contribution < -0.4 is 4.31 Å². The Hall–Kier alpha value is -1.31. The Bertz CT molecular complexity index is 656. The largest absolute Gasteiger partial charge is 0.340 e. The molecule has 1 fully saturated rings. The maximum atomic E-state index is 12.2. The second kappa shape index (κ2) is 8.18. The van der Waals surface area contributed by atoms with Gasteiger partial charge in [0.05, 0.1) is 11.9 Å². The number of sulfonamides is 1. The molecule has 8 heteroatoms. The fourth-order valence-corrected chi connectivity index (χ4v) is 3.77. The molecule has 0 saturated carbocycles. The minimum Gasteiger partial charge on any atom is -0.340 e. The number of hydrogen-bond acceptors (Lipinski definition) is 4. The van der Waals surface area contributed by atoms with Crippen molar-refractivity contribution in [2.45, 2.75) is 12.8 Å². The van der Waals surface area contributed by atoms with E-state index in [1.807, 2.05) is 11.9 Å². The molecule has 1 saturated heterocycles. The summed E-state index contributed by atoms with van der Waals surface area (Å²) in [7, 11) is -1.36. The summed E-state index contributed by atoms with van der Waals surface area (Å²) in [6, 6.07) is 6.66. The van der Waals surface area contributed by atoms with Gasteiger partial charge < -0.3 is 9.80 Å². The van der Waals surface area contributed by atoms with E-state index in [1.54, 1.807) is 24.3 Å². The summed E-state index contributed by atoms with van der Waals surface area (Å²) >= 11 is 5.85. The molecule has 6 nitrogen and oxygen atoms in total. The molecule has 0 N–H and O–H groups in total. The molecule has 1 aromatic carbocycles. The van der Waals surface area contributed by atoms with Gasteiger partial charge in [-0.25, -0.2) is 8.42 Å². The molecule has 24 heavy (non-hydrogen) atoms. The van der Waals surface area contributed by atoms with Crippen LogP contribution in [0.5, 0.6) is 0 Å². The first-order valence-electron chi connectivity index (χ1n) is 7.97. The molecule has 1 aliphatic heterocycles. The van der Waals surface area contributed by atoms with Crippen LogP contribution >= 0.6 is 11.6 Å². The summed E-state index contributed by atoms with van der Waals surface area (Å²) in [5.74, 6) is 0.0904. The highest BCUT2D eigenvalue weighted by Crippen LogP contribution is 2.21. The molecule has 0 unspecified atom stereocenters. The summed E-state index contributed by atoms with van der Waals surface area (Å²) in [6.45, 7) is 3.52. The second-order valence-electron chi connectivity index (χ2n) is 6.10. The predicted octanol–water partition coefficient (Wildman–Crippen LogP) is 1.66. The van der Waals surface area contributed by atoms with Gasteiger partial charge in [0, 0.05) is 44.2 Å². The standard InChI is InChI=1S/C16H24ClN3O3S/c1-18-10-12-19(13-11-18)16(21)4-3-9-20(24(2,22)23)15-7-5-14(17)6-8-15/h5-8H,3-4,9-13H2,1-2H3. The second-order valence-corrected chi connectivity index (χ2v) is 8.44. The maximum absolute atomic E-state index is 12.2. The number of carbonyl (C=O) groups excluding carboxylic acids is 1. The monoisotopic (exact) mass is 373 g/mol. The highest BCUT2D eigenvalue weighted by molar-refractivity contribution is 7.92. The number of carbonyl (C=O) groups is 1. The Balaban J connectivity index is 1.91. The summed E-state index contributed by atoms with van der Waals surface area (Å²) < 4.78 is 25.4. The summed E-state index contributed by atoms with van der Waals surface area (Å²) in [5.41, 5.74) is 0.564. The number of amides is 1. The zero-order chi connectivity index (χ0) is 17.7. The lowest BCUT2D eigenvalue weighted by Crippen LogP contribution is -2.47. The van der Waals surface area contributed by atoms with Gasteiger partial charge in [0.25, 0.3) is 0 Å². The van der Waals surface area contributed by atoms with E-state index in [-0.39, 0.29) is 12.5 Å². The van der Waals surface area contributed by atoms with E-state index in [0.29, 0.717) is 23.6 Å². The third kappa shape index (κ3) is 5.36. The Morgan fingerprint density at radius 2 is 1.75 bits per heavy atom. The number of likely N-dealkylation sites (N-methyl/N-ethyl adjacent to an activating group) is 1. The number of piperazine rings is 1. The summed E-state index contributed by atoms with van der Waals surface area (Å²) in [5, 5.41) is 0.553. The van der Waals surface area contributed by atoms with Gasteiger partial charge in [-0.15, -0.1) is 0 Å². The Morgan fingerprint density at radius 3 is 2.29 bits per heavy atom. The molecule has 0 aromatic heterocycles. The number of nitrogens with zero attached hydrogens (tertiary/aromatic N) is 3. The lowest BCUT2D eigenvalue weighted by atomic mass is 10.2. The SMILES string of the molecule is CN1CCN(C(=O)CCCN(c2ccc(Cl)cc2)S(C)(=O)=O)CC1. The smallest absolute Gasteiger partial charge is 0.232 e. The molecule has 1 amide bonds. The molecule has 134 valence electrons. The first kappa shape index (κ1) is 19.0. The molecule has 0 atom stereocenters. The third-order valence-electron chi connectivity index (χ3n) is 4.12. The van der Waals surface area contributed by atoms with Crippen molar-refractivity contribution in [2.24, 2.45) is 0 Å². The van der Waals surface area contributed by atoms with E-state index in [1.165, 1.54) is 10.6 Å². The van der Waals surface area contributed by atoms with Crippen molar-refractivity contribution >= 4 is 33.2 Å². The maximum Gasteiger partial charge on any atom is 0.232 e. The third-order valence-corrected chi connectivity index (χ3v) is 5.57. The zero-order valence-corrected chi connectivity index (χ0v) is 15.7. The number of anilines is 1. The van der Waals surface area contributed by atoms with Crippen LogP contribution in [0.3, 0.4) is 0 Å². The average molecular weight is 374 g/mol. The molecule has 2 rings (SSSR count). The van der Waals surface area contributed by atoms with Crippen LogP contribution in [0.15, 0.2) is 24.3 Å². The Morgan fingerprint density at radius 1 is 1.17 bits per heavy atom. The lowest BCUT2D eigenvalue weighted by Gasteiger charge is -2.32. The number of hydrogen-bond donors (Lipinski definition) is 0. The lowest BCUT2D eigenvalue weighted by molar-refractivity contribution is -0.132. The zero-order valence-electron chi connectivity index (χ0n) is 14.1. The van der Waals surface area contributed by atoms with Gasteiger partial charge in [-0.1, -0.05) is 11.6 Å². The van der Waals surface area contributed by atoms with Crippen LogP contribution in [0, 0.1) is 0 Å². The van der Waals surface area contributed by atoms with Gasteiger partial charge in [-0.3, -0.25) is 9.10 Å². The topological polar surface area (TPSA) is 60.9 Å². The van der Waals surface area contributed by atoms with Gasteiger partial charge in [0.15, 0.2) is 0 Å². The molecule has 1 heterocycles. The summed E-state index contributed by atoms with van der Waals surface area (Å²) in [6.07, 6.45) is 2.01. The van der Waals surface area contributed by atoms with Crippen molar-refractivity contribution in [3.8, 4) is 0 Å². The van der Waals surface area contributed by atoms with E-state index < -0.39 is 10.0 Å². The van der Waals surface area contributed by atoms with E-state index in [9.17, 15) is 13.2 Å². The highest BCUT2D eigenvalue weighted by atomic mass is 35.5. The van der Waals surface area contributed by atoms with Crippen molar-refractivity contribution < 1.29 is 13.2 Å². The van der Waals surface area contributed by atoms with Crippen molar-refractivity contribution in [2.75, 3.05) is 50.3 Å². The number of benzene rings is 1. The highest BCUT2D eigenvalue weighted by Gasteiger charge is 2.21. The van der Waals surface area contributed by atoms with Crippen molar-refractivity contribution in [1.29, 1.82) is 0 Å². The molecule has 0 spiro atoms. The molecule has 0 bridgehead atoms. The number of halogens is 1. The van der Waals surface area contributed by atoms with Gasteiger partial charge in [0.1, 0.15) is 0 Å². The predicted molar refractivity (Wildman–Crippen MR) is 97.0 cm³/mol. The quantitative estimate of drug-likeness (QED) is 0.760. The summed E-state index contributed by atoms with van der Waals surface area (Å²) in [4.78, 5) is 16.3. The van der Waals surface area contributed by atoms with E-state index in [0.717, 1.165) is 26.2 Å². The Labute approximate surface area is 149 Å². The van der Waals surface area contributed by atoms with Gasteiger partial charge in [0.2, 0.25) is 15.9 Å². The van der Waals surface area contributed by atoms with Gasteiger partial charge >= 0.3 is 0 Å². The van der Waals surface area contributed by atoms with Crippen LogP contribution in [0.4, 0.5) is 5.69 Å².